The van der Waals surface area contributed by atoms with Gasteiger partial charge < -0.3 is 5.32 Å². The predicted octanol–water partition coefficient (Wildman–Crippen LogP) is 2.33. The summed E-state index contributed by atoms with van der Waals surface area (Å²) < 4.78 is 0. The second kappa shape index (κ2) is 8.80. The van der Waals surface area contributed by atoms with E-state index in [0.717, 1.165) is 16.7 Å². The van der Waals surface area contributed by atoms with Gasteiger partial charge in [0.2, 0.25) is 11.8 Å². The van der Waals surface area contributed by atoms with Crippen LogP contribution in [0.3, 0.4) is 0 Å². The van der Waals surface area contributed by atoms with Gasteiger partial charge in [0.15, 0.2) is 0 Å². The Morgan fingerprint density at radius 2 is 1.65 bits per heavy atom. The molecule has 136 valence electrons. The number of rotatable bonds is 5. The Hall–Kier alpha value is -3.15. The van der Waals surface area contributed by atoms with E-state index in [9.17, 15) is 14.4 Å². The maximum atomic E-state index is 12.2. The highest BCUT2D eigenvalue weighted by molar-refractivity contribution is 5.96. The second-order valence-corrected chi connectivity index (χ2v) is 6.19. The molecule has 0 aromatic heterocycles. The lowest BCUT2D eigenvalue weighted by Gasteiger charge is -2.18. The third-order valence-corrected chi connectivity index (χ3v) is 3.91. The van der Waals surface area contributed by atoms with E-state index in [4.69, 9.17) is 0 Å². The van der Waals surface area contributed by atoms with E-state index in [1.165, 1.54) is 6.92 Å². The first kappa shape index (κ1) is 19.2. The van der Waals surface area contributed by atoms with Gasteiger partial charge in [0.05, 0.1) is 12.5 Å². The predicted molar refractivity (Wildman–Crippen MR) is 99.1 cm³/mol. The van der Waals surface area contributed by atoms with Gasteiger partial charge in [-0.15, -0.1) is 0 Å². The first-order valence-electron chi connectivity index (χ1n) is 8.35. The van der Waals surface area contributed by atoms with Crippen LogP contribution in [0.25, 0.3) is 0 Å². The van der Waals surface area contributed by atoms with Gasteiger partial charge in [-0.1, -0.05) is 48.0 Å². The van der Waals surface area contributed by atoms with E-state index in [1.54, 1.807) is 6.07 Å². The molecule has 2 aromatic carbocycles. The fourth-order valence-corrected chi connectivity index (χ4v) is 2.68. The summed E-state index contributed by atoms with van der Waals surface area (Å²) in [6.07, 6.45) is 0.0107. The zero-order valence-electron chi connectivity index (χ0n) is 15.1. The van der Waals surface area contributed by atoms with Crippen molar-refractivity contribution in [1.29, 1.82) is 0 Å². The summed E-state index contributed by atoms with van der Waals surface area (Å²) in [6, 6.07) is 14.2. The molecular weight excluding hydrogens is 330 g/mol. The maximum Gasteiger partial charge on any atom is 0.269 e. The Balaban J connectivity index is 1.97. The third kappa shape index (κ3) is 5.44. The molecule has 0 saturated carbocycles. The Morgan fingerprint density at radius 1 is 0.962 bits per heavy atom. The fraction of sp³-hybridized carbons (Fsp3) is 0.250. The molecule has 0 unspecified atom stereocenters. The number of aryl methyl sites for hydroxylation is 2. The molecule has 6 heteroatoms. The van der Waals surface area contributed by atoms with Crippen molar-refractivity contribution in [3.8, 4) is 0 Å². The lowest BCUT2D eigenvalue weighted by molar-refractivity contribution is -0.123. The highest BCUT2D eigenvalue weighted by Crippen LogP contribution is 2.16. The molecule has 0 aliphatic rings. The average molecular weight is 353 g/mol. The minimum Gasteiger partial charge on any atom is -0.349 e. The SMILES string of the molecule is CC(=O)N[C@H](CC(=O)NNC(=O)c1ccc(C)cc1C)c1ccccc1. The van der Waals surface area contributed by atoms with Crippen LogP contribution in [0, 0.1) is 13.8 Å². The molecule has 3 amide bonds. The van der Waals surface area contributed by atoms with Gasteiger partial charge in [-0.2, -0.15) is 0 Å². The minimum atomic E-state index is -0.466. The summed E-state index contributed by atoms with van der Waals surface area (Å²) in [6.45, 7) is 5.18. The Kier molecular flexibility index (Phi) is 6.49. The summed E-state index contributed by atoms with van der Waals surface area (Å²) in [5.74, 6) is -1.01. The first-order chi connectivity index (χ1) is 12.4. The summed E-state index contributed by atoms with van der Waals surface area (Å²) in [5.41, 5.74) is 8.03. The molecule has 26 heavy (non-hydrogen) atoms. The fourth-order valence-electron chi connectivity index (χ4n) is 2.68. The van der Waals surface area contributed by atoms with Gasteiger partial charge in [0.1, 0.15) is 0 Å². The van der Waals surface area contributed by atoms with Crippen molar-refractivity contribution in [2.45, 2.75) is 33.2 Å². The Labute approximate surface area is 153 Å². The van der Waals surface area contributed by atoms with Crippen molar-refractivity contribution in [1.82, 2.24) is 16.2 Å². The van der Waals surface area contributed by atoms with Gasteiger partial charge in [0, 0.05) is 12.5 Å². The topological polar surface area (TPSA) is 87.3 Å². The molecule has 0 aliphatic heterocycles. The van der Waals surface area contributed by atoms with Crippen LogP contribution in [0.1, 0.15) is 46.4 Å². The Bertz CT molecular complexity index is 803. The zero-order valence-corrected chi connectivity index (χ0v) is 15.1. The molecule has 0 saturated heterocycles. The lowest BCUT2D eigenvalue weighted by Crippen LogP contribution is -2.43. The van der Waals surface area contributed by atoms with Crippen LogP contribution in [0.4, 0.5) is 0 Å². The van der Waals surface area contributed by atoms with Crippen molar-refractivity contribution in [2.24, 2.45) is 0 Å². The Morgan fingerprint density at radius 3 is 2.27 bits per heavy atom. The van der Waals surface area contributed by atoms with Gasteiger partial charge in [-0.25, -0.2) is 0 Å². The summed E-state index contributed by atoms with van der Waals surface area (Å²) in [7, 11) is 0. The van der Waals surface area contributed by atoms with E-state index < -0.39 is 11.9 Å². The summed E-state index contributed by atoms with van der Waals surface area (Å²) in [5, 5.41) is 2.75. The van der Waals surface area contributed by atoms with Crippen molar-refractivity contribution in [2.75, 3.05) is 0 Å². The van der Waals surface area contributed by atoms with Gasteiger partial charge >= 0.3 is 0 Å². The smallest absolute Gasteiger partial charge is 0.269 e. The number of hydrogen-bond acceptors (Lipinski definition) is 3. The van der Waals surface area contributed by atoms with E-state index in [0.29, 0.717) is 5.56 Å². The third-order valence-electron chi connectivity index (χ3n) is 3.91. The summed E-state index contributed by atoms with van der Waals surface area (Å²) in [4.78, 5) is 35.8. The minimum absolute atomic E-state index is 0.0107. The number of carbonyl (C=O) groups is 3. The molecule has 0 radical (unpaired) electrons. The number of hydrogen-bond donors (Lipinski definition) is 3. The maximum absolute atomic E-state index is 12.2. The van der Waals surface area contributed by atoms with Crippen molar-refractivity contribution in [3.63, 3.8) is 0 Å². The number of carbonyl (C=O) groups excluding carboxylic acids is 3. The van der Waals surface area contributed by atoms with Crippen LogP contribution in [0.2, 0.25) is 0 Å². The molecule has 0 heterocycles. The number of hydrazine groups is 1. The number of nitrogens with one attached hydrogen (secondary N) is 3. The normalized spacial score (nSPS) is 11.3. The number of benzene rings is 2. The van der Waals surface area contributed by atoms with E-state index in [2.05, 4.69) is 16.2 Å². The van der Waals surface area contributed by atoms with Crippen molar-refractivity contribution in [3.05, 3.63) is 70.8 Å². The highest BCUT2D eigenvalue weighted by Gasteiger charge is 2.17. The lowest BCUT2D eigenvalue weighted by atomic mass is 10.0. The molecule has 1 atom stereocenters. The van der Waals surface area contributed by atoms with Gasteiger partial charge in [-0.05, 0) is 31.0 Å². The van der Waals surface area contributed by atoms with Crippen LogP contribution >= 0.6 is 0 Å². The van der Waals surface area contributed by atoms with Gasteiger partial charge in [0.25, 0.3) is 5.91 Å². The van der Waals surface area contributed by atoms with Crippen LogP contribution in [-0.4, -0.2) is 17.7 Å². The second-order valence-electron chi connectivity index (χ2n) is 6.19. The van der Waals surface area contributed by atoms with Crippen molar-refractivity contribution < 1.29 is 14.4 Å². The van der Waals surface area contributed by atoms with Crippen LogP contribution in [0.5, 0.6) is 0 Å². The molecular formula is C20H23N3O3. The quantitative estimate of drug-likeness (QED) is 0.721. The average Bonchev–Trinajstić information content (AvgIpc) is 2.59. The highest BCUT2D eigenvalue weighted by atomic mass is 16.2. The van der Waals surface area contributed by atoms with Crippen LogP contribution in [-0.2, 0) is 9.59 Å². The largest absolute Gasteiger partial charge is 0.349 e. The van der Waals surface area contributed by atoms with E-state index in [-0.39, 0.29) is 18.2 Å². The molecule has 2 rings (SSSR count). The molecule has 0 fully saturated rings. The number of amides is 3. The monoisotopic (exact) mass is 353 g/mol. The molecule has 2 aromatic rings. The molecule has 0 spiro atoms. The van der Waals surface area contributed by atoms with E-state index >= 15 is 0 Å². The molecule has 0 bridgehead atoms. The van der Waals surface area contributed by atoms with Crippen LogP contribution in [0.15, 0.2) is 48.5 Å². The summed E-state index contributed by atoms with van der Waals surface area (Å²) >= 11 is 0. The molecule has 6 nitrogen and oxygen atoms in total. The molecule has 3 N–H and O–H groups in total. The van der Waals surface area contributed by atoms with Crippen LogP contribution < -0.4 is 16.2 Å². The van der Waals surface area contributed by atoms with Gasteiger partial charge in [-0.3, -0.25) is 25.2 Å². The first-order valence-corrected chi connectivity index (χ1v) is 8.35. The zero-order chi connectivity index (χ0) is 19.1. The molecule has 0 aliphatic carbocycles. The van der Waals surface area contributed by atoms with E-state index in [1.807, 2.05) is 56.3 Å². The standard InChI is InChI=1S/C20H23N3O3/c1-13-9-10-17(14(2)11-13)20(26)23-22-19(25)12-18(21-15(3)24)16-7-5-4-6-8-16/h4-11,18H,12H2,1-3H3,(H,21,24)(H,22,25)(H,23,26)/t18-/m1/s1. The van der Waals surface area contributed by atoms with Crippen molar-refractivity contribution >= 4 is 17.7 Å².